The summed E-state index contributed by atoms with van der Waals surface area (Å²) in [7, 11) is 0. The number of aromatic hydroxyl groups is 1. The number of carboxylic acid groups (broad SMARTS) is 1. The lowest BCUT2D eigenvalue weighted by Crippen LogP contribution is -2.31. The number of anilines is 1. The van der Waals surface area contributed by atoms with Crippen LogP contribution in [0.2, 0.25) is 0 Å². The first kappa shape index (κ1) is 20.4. The van der Waals surface area contributed by atoms with Crippen molar-refractivity contribution in [3.63, 3.8) is 0 Å². The molecule has 0 saturated carbocycles. The number of benzene rings is 2. The highest BCUT2D eigenvalue weighted by molar-refractivity contribution is 6.16. The monoisotopic (exact) mass is 409 g/mol. The van der Waals surface area contributed by atoms with Crippen molar-refractivity contribution in [1.82, 2.24) is 0 Å². The van der Waals surface area contributed by atoms with E-state index < -0.39 is 63.0 Å². The lowest BCUT2D eigenvalue weighted by Gasteiger charge is -2.31. The largest absolute Gasteiger partial charge is 0.507 e. The topological polar surface area (TPSA) is 86.6 Å². The van der Waals surface area contributed by atoms with E-state index in [1.807, 2.05) is 19.9 Å². The predicted molar refractivity (Wildman–Crippen MR) is 96.1 cm³/mol. The van der Waals surface area contributed by atoms with E-state index in [4.69, 9.17) is 5.11 Å². The number of nitrogens with one attached hydrogen (secondary N) is 1. The highest BCUT2D eigenvalue weighted by Gasteiger charge is 2.34. The highest BCUT2D eigenvalue weighted by Crippen LogP contribution is 2.39. The molecule has 0 saturated heterocycles. The molecule has 1 aliphatic rings. The van der Waals surface area contributed by atoms with Gasteiger partial charge in [0, 0.05) is 17.3 Å². The van der Waals surface area contributed by atoms with Crippen LogP contribution in [0, 0.1) is 23.3 Å². The second-order valence-corrected chi connectivity index (χ2v) is 7.23. The van der Waals surface area contributed by atoms with E-state index in [1.54, 1.807) is 6.92 Å². The maximum Gasteiger partial charge on any atom is 0.339 e. The minimum atomic E-state index is -2.35. The van der Waals surface area contributed by atoms with Crippen molar-refractivity contribution in [2.24, 2.45) is 0 Å². The molecule has 0 spiro atoms. The second-order valence-electron chi connectivity index (χ2n) is 7.23. The number of carboxylic acids is 1. The number of hydrogen-bond donors (Lipinski definition) is 3. The van der Waals surface area contributed by atoms with Crippen LogP contribution in [0.3, 0.4) is 0 Å². The van der Waals surface area contributed by atoms with Crippen LogP contribution in [-0.4, -0.2) is 27.5 Å². The molecule has 1 heterocycles. The summed E-state index contributed by atoms with van der Waals surface area (Å²) in [5.41, 5.74) is -2.67. The van der Waals surface area contributed by atoms with Crippen LogP contribution in [0.1, 0.15) is 52.6 Å². The van der Waals surface area contributed by atoms with Crippen LogP contribution < -0.4 is 5.32 Å². The van der Waals surface area contributed by atoms with Crippen molar-refractivity contribution in [3.8, 4) is 5.75 Å². The Bertz CT molecular complexity index is 1120. The summed E-state index contributed by atoms with van der Waals surface area (Å²) in [5.74, 6) is -13.4. The number of hydrogen-bond acceptors (Lipinski definition) is 4. The van der Waals surface area contributed by atoms with Crippen LogP contribution in [-0.2, 0) is 0 Å². The fourth-order valence-electron chi connectivity index (χ4n) is 3.38. The predicted octanol–water partition coefficient (Wildman–Crippen LogP) is 4.49. The third-order valence-electron chi connectivity index (χ3n) is 4.55. The van der Waals surface area contributed by atoms with Crippen LogP contribution >= 0.6 is 0 Å². The fourth-order valence-corrected chi connectivity index (χ4v) is 3.38. The van der Waals surface area contributed by atoms with E-state index in [2.05, 4.69) is 5.32 Å². The normalized spacial score (nSPS) is 14.7. The quantitative estimate of drug-likeness (QED) is 0.301. The lowest BCUT2D eigenvalue weighted by molar-refractivity contribution is 0.0684. The van der Waals surface area contributed by atoms with Crippen molar-refractivity contribution < 1.29 is 37.4 Å². The SMILES string of the molecule is CC1=CC(C)(C)Nc2cc(O)c(C(=O)c3c(F)c(F)c(F)c(F)c3C(=O)O)cc21. The molecule has 2 aromatic carbocycles. The van der Waals surface area contributed by atoms with Gasteiger partial charge < -0.3 is 15.5 Å². The Balaban J connectivity index is 2.27. The summed E-state index contributed by atoms with van der Waals surface area (Å²) in [6.07, 6.45) is 1.82. The Kier molecular flexibility index (Phi) is 4.64. The number of fused-ring (bicyclic) bond motifs is 1. The van der Waals surface area contributed by atoms with Crippen LogP contribution in [0.4, 0.5) is 23.2 Å². The van der Waals surface area contributed by atoms with Gasteiger partial charge in [0.1, 0.15) is 11.3 Å². The van der Waals surface area contributed by atoms with Crippen molar-refractivity contribution in [3.05, 3.63) is 63.7 Å². The summed E-state index contributed by atoms with van der Waals surface area (Å²) in [5, 5.41) is 22.5. The molecular formula is C20H15F4NO4. The smallest absolute Gasteiger partial charge is 0.339 e. The number of ketones is 1. The molecule has 0 fully saturated rings. The maximum atomic E-state index is 14.3. The van der Waals surface area contributed by atoms with Gasteiger partial charge in [0.25, 0.3) is 0 Å². The zero-order chi connectivity index (χ0) is 21.8. The summed E-state index contributed by atoms with van der Waals surface area (Å²) in [6.45, 7) is 5.43. The van der Waals surface area contributed by atoms with Gasteiger partial charge in [-0.05, 0) is 32.4 Å². The second kappa shape index (κ2) is 6.61. The minimum absolute atomic E-state index is 0.436. The number of allylic oxidation sites excluding steroid dienone is 1. The van der Waals surface area contributed by atoms with Gasteiger partial charge in [-0.1, -0.05) is 6.08 Å². The highest BCUT2D eigenvalue weighted by atomic mass is 19.2. The summed E-state index contributed by atoms with van der Waals surface area (Å²) in [4.78, 5) is 24.1. The van der Waals surface area contributed by atoms with Crippen molar-refractivity contribution in [2.45, 2.75) is 26.3 Å². The van der Waals surface area contributed by atoms with Gasteiger partial charge in [-0.3, -0.25) is 4.79 Å². The molecule has 3 N–H and O–H groups in total. The first-order valence-electron chi connectivity index (χ1n) is 8.34. The van der Waals surface area contributed by atoms with Crippen LogP contribution in [0.25, 0.3) is 5.57 Å². The maximum absolute atomic E-state index is 14.3. The van der Waals surface area contributed by atoms with E-state index in [0.717, 1.165) is 12.1 Å². The summed E-state index contributed by atoms with van der Waals surface area (Å²) in [6, 6.07) is 2.31. The number of halogens is 4. The minimum Gasteiger partial charge on any atom is -0.507 e. The van der Waals surface area contributed by atoms with Gasteiger partial charge in [-0.15, -0.1) is 0 Å². The van der Waals surface area contributed by atoms with Crippen molar-refractivity contribution in [2.75, 3.05) is 5.32 Å². The fraction of sp³-hybridized carbons (Fsp3) is 0.200. The molecule has 0 amide bonds. The number of phenolic OH excluding ortho intramolecular Hbond substituents is 1. The van der Waals surface area contributed by atoms with Gasteiger partial charge in [0.05, 0.1) is 16.7 Å². The van der Waals surface area contributed by atoms with Gasteiger partial charge in [-0.25, -0.2) is 22.4 Å². The number of rotatable bonds is 3. The van der Waals surface area contributed by atoms with Crippen molar-refractivity contribution >= 4 is 23.0 Å². The number of phenols is 1. The molecule has 1 aliphatic heterocycles. The third kappa shape index (κ3) is 3.22. The Morgan fingerprint density at radius 1 is 0.966 bits per heavy atom. The van der Waals surface area contributed by atoms with Gasteiger partial charge in [-0.2, -0.15) is 0 Å². The van der Waals surface area contributed by atoms with E-state index in [9.17, 15) is 32.3 Å². The molecule has 0 aromatic heterocycles. The van der Waals surface area contributed by atoms with Crippen molar-refractivity contribution in [1.29, 1.82) is 0 Å². The average molecular weight is 409 g/mol. The molecule has 0 atom stereocenters. The Morgan fingerprint density at radius 3 is 2.07 bits per heavy atom. The molecule has 5 nitrogen and oxygen atoms in total. The van der Waals surface area contributed by atoms with E-state index >= 15 is 0 Å². The van der Waals surface area contributed by atoms with Gasteiger partial charge in [0.2, 0.25) is 5.78 Å². The summed E-state index contributed by atoms with van der Waals surface area (Å²) >= 11 is 0. The third-order valence-corrected chi connectivity index (χ3v) is 4.55. The molecule has 2 aromatic rings. The molecule has 3 rings (SSSR count). The van der Waals surface area contributed by atoms with Gasteiger partial charge >= 0.3 is 5.97 Å². The standard InChI is InChI=1S/C20H15F4NO4/c1-7-6-20(2,3)25-10-5-11(26)9(4-8(7)10)18(27)12-13(19(28)29)15(22)17(24)16(23)14(12)21/h4-6,25-26H,1-3H3,(H,28,29). The first-order valence-corrected chi connectivity index (χ1v) is 8.34. The zero-order valence-corrected chi connectivity index (χ0v) is 15.5. The summed E-state index contributed by atoms with van der Waals surface area (Å²) < 4.78 is 55.4. The molecule has 9 heteroatoms. The lowest BCUT2D eigenvalue weighted by atomic mass is 9.88. The molecule has 0 radical (unpaired) electrons. The molecule has 0 unspecified atom stereocenters. The number of carbonyl (C=O) groups is 2. The zero-order valence-electron chi connectivity index (χ0n) is 15.5. The molecule has 29 heavy (non-hydrogen) atoms. The Morgan fingerprint density at radius 2 is 1.52 bits per heavy atom. The Hall–Kier alpha value is -3.36. The molecule has 0 aliphatic carbocycles. The molecule has 152 valence electrons. The van der Waals surface area contributed by atoms with Crippen LogP contribution in [0.5, 0.6) is 5.75 Å². The first-order chi connectivity index (χ1) is 13.4. The molecular weight excluding hydrogens is 394 g/mol. The average Bonchev–Trinajstić information content (AvgIpc) is 2.60. The van der Waals surface area contributed by atoms with E-state index in [1.165, 1.54) is 0 Å². The number of carbonyl (C=O) groups excluding carboxylic acids is 1. The van der Waals surface area contributed by atoms with E-state index in [-0.39, 0.29) is 0 Å². The van der Waals surface area contributed by atoms with E-state index in [0.29, 0.717) is 16.8 Å². The molecule has 0 bridgehead atoms. The van der Waals surface area contributed by atoms with Gasteiger partial charge in [0.15, 0.2) is 23.3 Å². The Labute approximate surface area is 162 Å². The number of aromatic carboxylic acids is 1. The van der Waals surface area contributed by atoms with Crippen LogP contribution in [0.15, 0.2) is 18.2 Å².